The molecule has 28 heavy (non-hydrogen) atoms. The lowest BCUT2D eigenvalue weighted by Gasteiger charge is -2.10. The first-order valence-corrected chi connectivity index (χ1v) is 8.76. The van der Waals surface area contributed by atoms with Gasteiger partial charge in [-0.1, -0.05) is 30.3 Å². The summed E-state index contributed by atoms with van der Waals surface area (Å²) >= 11 is 0. The Labute approximate surface area is 162 Å². The Morgan fingerprint density at radius 1 is 1.11 bits per heavy atom. The second-order valence-corrected chi connectivity index (χ2v) is 6.52. The van der Waals surface area contributed by atoms with E-state index in [1.54, 1.807) is 36.4 Å². The van der Waals surface area contributed by atoms with E-state index in [4.69, 9.17) is 4.74 Å². The van der Waals surface area contributed by atoms with Crippen LogP contribution in [0.3, 0.4) is 0 Å². The van der Waals surface area contributed by atoms with Crippen LogP contribution in [-0.2, 0) is 11.3 Å². The van der Waals surface area contributed by atoms with Gasteiger partial charge in [-0.05, 0) is 26.0 Å². The summed E-state index contributed by atoms with van der Waals surface area (Å²) in [5.74, 6) is -1.68. The van der Waals surface area contributed by atoms with Crippen LogP contribution in [0.1, 0.15) is 32.1 Å². The Balaban J connectivity index is 1.80. The molecular weight excluding hydrogens is 358 g/mol. The van der Waals surface area contributed by atoms with Crippen molar-refractivity contribution in [1.82, 2.24) is 4.57 Å². The lowest BCUT2D eigenvalue weighted by atomic mass is 10.0. The number of nitrogens with zero attached hydrogens (tertiary/aromatic N) is 1. The molecule has 0 fully saturated rings. The van der Waals surface area contributed by atoms with E-state index < -0.39 is 12.6 Å². The minimum absolute atomic E-state index is 0.153. The van der Waals surface area contributed by atoms with Crippen LogP contribution in [0.4, 0.5) is 0 Å². The average molecular weight is 379 g/mol. The van der Waals surface area contributed by atoms with Gasteiger partial charge in [0.2, 0.25) is 5.78 Å². The van der Waals surface area contributed by atoms with Crippen molar-refractivity contribution in [3.8, 4) is 11.5 Å². The molecule has 0 unspecified atom stereocenters. The normalized spacial score (nSPS) is 10.8. The van der Waals surface area contributed by atoms with E-state index in [-0.39, 0.29) is 22.8 Å². The molecule has 0 aliphatic heterocycles. The lowest BCUT2D eigenvalue weighted by Crippen LogP contribution is -2.15. The van der Waals surface area contributed by atoms with E-state index in [0.717, 1.165) is 17.5 Å². The number of benzene rings is 2. The molecule has 144 valence electrons. The predicted octanol–water partition coefficient (Wildman–Crippen LogP) is 3.90. The van der Waals surface area contributed by atoms with Gasteiger partial charge in [0, 0.05) is 34.3 Å². The quantitative estimate of drug-likeness (QED) is 0.294. The Hall–Kier alpha value is -3.54. The highest BCUT2D eigenvalue weighted by Crippen LogP contribution is 2.35. The number of ketones is 1. The van der Waals surface area contributed by atoms with Crippen molar-refractivity contribution in [2.75, 3.05) is 6.61 Å². The number of aromatic hydroxyl groups is 2. The third-order valence-electron chi connectivity index (χ3n) is 4.73. The van der Waals surface area contributed by atoms with Gasteiger partial charge >= 0.3 is 5.97 Å². The van der Waals surface area contributed by atoms with Crippen molar-refractivity contribution in [1.29, 1.82) is 0 Å². The lowest BCUT2D eigenvalue weighted by molar-refractivity contribution is 0.0471. The van der Waals surface area contributed by atoms with Crippen LogP contribution in [0.5, 0.6) is 11.5 Å². The molecule has 0 saturated carbocycles. The van der Waals surface area contributed by atoms with Gasteiger partial charge in [-0.15, -0.1) is 6.58 Å². The Kier molecular flexibility index (Phi) is 5.22. The van der Waals surface area contributed by atoms with Gasteiger partial charge in [0.25, 0.3) is 0 Å². The largest absolute Gasteiger partial charge is 0.507 e. The fraction of sp³-hybridized carbons (Fsp3) is 0.182. The molecule has 1 aromatic heterocycles. The number of hydrogen-bond acceptors (Lipinski definition) is 5. The molecule has 6 heteroatoms. The van der Waals surface area contributed by atoms with Crippen LogP contribution >= 0.6 is 0 Å². The van der Waals surface area contributed by atoms with Crippen molar-refractivity contribution in [3.05, 3.63) is 71.6 Å². The van der Waals surface area contributed by atoms with Crippen molar-refractivity contribution in [3.63, 3.8) is 0 Å². The van der Waals surface area contributed by atoms with Crippen LogP contribution in [0.15, 0.2) is 49.1 Å². The van der Waals surface area contributed by atoms with E-state index in [1.165, 1.54) is 0 Å². The van der Waals surface area contributed by atoms with Crippen molar-refractivity contribution in [2.45, 2.75) is 20.4 Å². The maximum atomic E-state index is 12.5. The van der Waals surface area contributed by atoms with Gasteiger partial charge in [0.05, 0.1) is 0 Å². The number of Topliss-reactive ketones (excluding diaryl/α,β-unsaturated/α-hetero) is 1. The summed E-state index contributed by atoms with van der Waals surface area (Å²) in [7, 11) is 0. The number of phenols is 2. The molecular formula is C22H21NO5. The molecule has 2 N–H and O–H groups in total. The second kappa shape index (κ2) is 7.60. The zero-order valence-corrected chi connectivity index (χ0v) is 15.7. The molecule has 0 saturated heterocycles. The third kappa shape index (κ3) is 3.36. The smallest absolute Gasteiger partial charge is 0.342 e. The van der Waals surface area contributed by atoms with Crippen LogP contribution in [-0.4, -0.2) is 33.1 Å². The van der Waals surface area contributed by atoms with Gasteiger partial charge in [-0.25, -0.2) is 4.79 Å². The van der Waals surface area contributed by atoms with Gasteiger partial charge in [-0.3, -0.25) is 4.79 Å². The summed E-state index contributed by atoms with van der Waals surface area (Å²) < 4.78 is 7.04. The molecule has 0 amide bonds. The maximum Gasteiger partial charge on any atom is 0.342 e. The number of aromatic nitrogens is 1. The summed E-state index contributed by atoms with van der Waals surface area (Å²) in [6.07, 6.45) is 1.74. The summed E-state index contributed by atoms with van der Waals surface area (Å²) in [6.45, 7) is 7.52. The zero-order valence-electron chi connectivity index (χ0n) is 15.7. The molecule has 0 radical (unpaired) electrons. The minimum Gasteiger partial charge on any atom is -0.507 e. The number of fused-ring (bicyclic) bond motifs is 1. The number of ether oxygens (including phenoxy) is 1. The highest BCUT2D eigenvalue weighted by atomic mass is 16.5. The second-order valence-electron chi connectivity index (χ2n) is 6.52. The number of carbonyl (C=O) groups excluding carboxylic acids is 2. The molecule has 3 rings (SSSR count). The van der Waals surface area contributed by atoms with Gasteiger partial charge in [0.15, 0.2) is 6.61 Å². The highest BCUT2D eigenvalue weighted by molar-refractivity contribution is 6.05. The first-order valence-electron chi connectivity index (χ1n) is 8.76. The van der Waals surface area contributed by atoms with Gasteiger partial charge in [0.1, 0.15) is 17.1 Å². The number of esters is 1. The zero-order chi connectivity index (χ0) is 20.4. The van der Waals surface area contributed by atoms with Crippen LogP contribution in [0.25, 0.3) is 10.8 Å². The molecule has 6 nitrogen and oxygen atoms in total. The molecule has 0 bridgehead atoms. The molecule has 0 atom stereocenters. The first-order chi connectivity index (χ1) is 13.3. The summed E-state index contributed by atoms with van der Waals surface area (Å²) in [4.78, 5) is 24.9. The van der Waals surface area contributed by atoms with E-state index in [9.17, 15) is 19.8 Å². The van der Waals surface area contributed by atoms with Gasteiger partial charge in [-0.2, -0.15) is 0 Å². The fourth-order valence-corrected chi connectivity index (χ4v) is 3.28. The van der Waals surface area contributed by atoms with Crippen LogP contribution < -0.4 is 0 Å². The minimum atomic E-state index is -0.883. The number of carbonyl (C=O) groups is 2. The Morgan fingerprint density at radius 2 is 1.79 bits per heavy atom. The number of allylic oxidation sites excluding steroid dienone is 1. The number of phenolic OH excluding ortho intramolecular Hbond substituents is 2. The number of hydrogen-bond donors (Lipinski definition) is 2. The average Bonchev–Trinajstić information content (AvgIpc) is 2.97. The fourth-order valence-electron chi connectivity index (χ4n) is 3.28. The number of rotatable bonds is 6. The highest BCUT2D eigenvalue weighted by Gasteiger charge is 2.21. The SMILES string of the molecule is C=CCn1c(C)cc(C(=O)COC(=O)c2cc(O)c3ccccc3c2O)c1C. The molecule has 2 aromatic carbocycles. The van der Waals surface area contributed by atoms with E-state index in [1.807, 2.05) is 18.4 Å². The summed E-state index contributed by atoms with van der Waals surface area (Å²) in [5.41, 5.74) is 1.95. The molecule has 3 aromatic rings. The summed E-state index contributed by atoms with van der Waals surface area (Å²) in [6, 6.07) is 9.48. The molecule has 0 aliphatic carbocycles. The van der Waals surface area contributed by atoms with Crippen LogP contribution in [0.2, 0.25) is 0 Å². The molecule has 1 heterocycles. The van der Waals surface area contributed by atoms with E-state index in [2.05, 4.69) is 6.58 Å². The standard InChI is InChI=1S/C22H21NO5/c1-4-9-23-13(2)10-17(14(23)3)20(25)12-28-22(27)18-11-19(24)15-7-5-6-8-16(15)21(18)26/h4-8,10-11,24,26H,1,9,12H2,2-3H3. The summed E-state index contributed by atoms with van der Waals surface area (Å²) in [5, 5.41) is 21.2. The molecule has 0 spiro atoms. The van der Waals surface area contributed by atoms with E-state index >= 15 is 0 Å². The topological polar surface area (TPSA) is 88.8 Å². The molecule has 0 aliphatic rings. The monoisotopic (exact) mass is 379 g/mol. The Morgan fingerprint density at radius 3 is 2.46 bits per heavy atom. The predicted molar refractivity (Wildman–Crippen MR) is 106 cm³/mol. The van der Waals surface area contributed by atoms with Crippen LogP contribution in [0, 0.1) is 13.8 Å². The van der Waals surface area contributed by atoms with Gasteiger partial charge < -0.3 is 19.5 Å². The number of aryl methyl sites for hydroxylation is 1. The van der Waals surface area contributed by atoms with Crippen molar-refractivity contribution < 1.29 is 24.5 Å². The van der Waals surface area contributed by atoms with E-state index in [0.29, 0.717) is 22.9 Å². The van der Waals surface area contributed by atoms with Crippen molar-refractivity contribution >= 4 is 22.5 Å². The Bertz CT molecular complexity index is 1090. The maximum absolute atomic E-state index is 12.5. The first kappa shape index (κ1) is 19.2. The van der Waals surface area contributed by atoms with Crippen molar-refractivity contribution in [2.24, 2.45) is 0 Å². The third-order valence-corrected chi connectivity index (χ3v) is 4.73.